The van der Waals surface area contributed by atoms with Gasteiger partial charge in [0.2, 0.25) is 0 Å². The predicted molar refractivity (Wildman–Crippen MR) is 29.1 cm³/mol. The van der Waals surface area contributed by atoms with Crippen LogP contribution in [0.4, 0.5) is 0 Å². The van der Waals surface area contributed by atoms with Crippen molar-refractivity contribution in [3.63, 3.8) is 0 Å². The van der Waals surface area contributed by atoms with Gasteiger partial charge in [0.1, 0.15) is 0 Å². The molecule has 1 saturated heterocycles. The molecule has 4 heteroatoms. The quantitative estimate of drug-likeness (QED) is 0.223. The molecule has 0 aromatic carbocycles. The summed E-state index contributed by atoms with van der Waals surface area (Å²) in [6, 6.07) is 0. The first-order valence-corrected chi connectivity index (χ1v) is 4.17. The smallest absolute Gasteiger partial charge is 0.0139 e. The van der Waals surface area contributed by atoms with Crippen LogP contribution < -0.4 is 0 Å². The molecule has 0 aromatic heterocycles. The molecule has 36 valence electrons. The van der Waals surface area contributed by atoms with E-state index in [1.165, 1.54) is 11.0 Å². The molecule has 0 saturated carbocycles. The van der Waals surface area contributed by atoms with E-state index < -0.39 is 9.74 Å². The van der Waals surface area contributed by atoms with Crippen LogP contribution in [0.3, 0.4) is 0 Å². The van der Waals surface area contributed by atoms with Crippen molar-refractivity contribution in [3.8, 4) is 0 Å². The Kier molecular flexibility index (Phi) is 1.10. The average Bonchev–Trinajstić information content (AvgIpc) is 2.19. The first kappa shape index (κ1) is 4.53. The third-order valence-corrected chi connectivity index (χ3v) is 3.17. The lowest BCUT2D eigenvalue weighted by molar-refractivity contribution is 0.823. The molecule has 1 rings (SSSR count). The van der Waals surface area contributed by atoms with Crippen molar-refractivity contribution in [3.05, 3.63) is 0 Å². The SMILES string of the molecule is CCN1S[S-]1#N. The molecule has 1 atom stereocenters. The van der Waals surface area contributed by atoms with Crippen molar-refractivity contribution in [1.82, 2.24) is 3.71 Å². The first-order valence-electron chi connectivity index (χ1n) is 1.74. The third-order valence-electron chi connectivity index (χ3n) is 0.563. The number of nitrogens with zero attached hydrogens (tertiary/aromatic N) is 2. The van der Waals surface area contributed by atoms with E-state index in [-0.39, 0.29) is 0 Å². The van der Waals surface area contributed by atoms with E-state index in [1.54, 1.807) is 0 Å². The standard InChI is InChI=1S/C2H5N2S2/c1-2-4-5-6(4)3/h2H2,1H3/q-1. The van der Waals surface area contributed by atoms with Crippen LogP contribution in [0.15, 0.2) is 0 Å². The summed E-state index contributed by atoms with van der Waals surface area (Å²) >= 11 is 0. The molecule has 0 amide bonds. The Bertz CT molecular complexity index is 112. The highest BCUT2D eigenvalue weighted by Gasteiger charge is 2.04. The van der Waals surface area contributed by atoms with Crippen molar-refractivity contribution in [2.75, 3.05) is 6.54 Å². The summed E-state index contributed by atoms with van der Waals surface area (Å²) in [5.41, 5.74) is 0. The van der Waals surface area contributed by atoms with E-state index in [4.69, 9.17) is 4.61 Å². The highest BCUT2D eigenvalue weighted by Crippen LogP contribution is 2.34. The topological polar surface area (TPSA) is 26.8 Å². The van der Waals surface area contributed by atoms with Gasteiger partial charge in [-0.15, -0.1) is 0 Å². The van der Waals surface area contributed by atoms with Crippen LogP contribution in [0.1, 0.15) is 6.92 Å². The van der Waals surface area contributed by atoms with E-state index in [9.17, 15) is 0 Å². The molecule has 1 aliphatic rings. The van der Waals surface area contributed by atoms with Crippen LogP contribution in [0.5, 0.6) is 0 Å². The molecule has 0 spiro atoms. The van der Waals surface area contributed by atoms with Crippen molar-refractivity contribution in [2.24, 2.45) is 0 Å². The minimum Gasteiger partial charge on any atom is -0.405 e. The molecular weight excluding hydrogens is 116 g/mol. The maximum absolute atomic E-state index is 8.54. The summed E-state index contributed by atoms with van der Waals surface area (Å²) in [6.07, 6.45) is 0. The van der Waals surface area contributed by atoms with Crippen molar-refractivity contribution >= 4 is 20.7 Å². The normalized spacial score (nSPS) is 33.7. The zero-order chi connectivity index (χ0) is 4.57. The maximum atomic E-state index is 8.54. The van der Waals surface area contributed by atoms with Gasteiger partial charge in [-0.25, -0.2) is 0 Å². The van der Waals surface area contributed by atoms with Crippen LogP contribution in [0, 0.1) is 4.61 Å². The summed E-state index contributed by atoms with van der Waals surface area (Å²) < 4.78 is 10.5. The van der Waals surface area contributed by atoms with Crippen molar-refractivity contribution in [1.29, 1.82) is 4.61 Å². The molecule has 1 aliphatic heterocycles. The summed E-state index contributed by atoms with van der Waals surface area (Å²) in [7, 11) is 1.11. The summed E-state index contributed by atoms with van der Waals surface area (Å²) in [6.45, 7) is 2.99. The number of hydrogen-bond acceptors (Lipinski definition) is 4. The lowest BCUT2D eigenvalue weighted by Crippen LogP contribution is -1.86. The van der Waals surface area contributed by atoms with Crippen LogP contribution in [0.2, 0.25) is 0 Å². The second kappa shape index (κ2) is 1.46. The van der Waals surface area contributed by atoms with E-state index in [0.29, 0.717) is 0 Å². The molecule has 0 radical (unpaired) electrons. The van der Waals surface area contributed by atoms with Crippen LogP contribution in [-0.4, -0.2) is 10.3 Å². The van der Waals surface area contributed by atoms with Gasteiger partial charge < -0.3 is 8.32 Å². The Labute approximate surface area is 43.1 Å². The molecule has 1 fully saturated rings. The minimum atomic E-state index is -0.399. The second-order valence-electron chi connectivity index (χ2n) is 0.954. The van der Waals surface area contributed by atoms with Crippen LogP contribution in [0.25, 0.3) is 0 Å². The van der Waals surface area contributed by atoms with Gasteiger partial charge >= 0.3 is 0 Å². The monoisotopic (exact) mass is 121 g/mol. The lowest BCUT2D eigenvalue weighted by Gasteiger charge is -1.87. The number of hydrogen-bond donors (Lipinski definition) is 0. The lowest BCUT2D eigenvalue weighted by atomic mass is 10.8. The van der Waals surface area contributed by atoms with Gasteiger partial charge in [0.05, 0.1) is 0 Å². The Morgan fingerprint density at radius 3 is 2.50 bits per heavy atom. The second-order valence-corrected chi connectivity index (χ2v) is 4.02. The van der Waals surface area contributed by atoms with Gasteiger partial charge in [0.15, 0.2) is 0 Å². The van der Waals surface area contributed by atoms with E-state index in [0.717, 1.165) is 6.54 Å². The fourth-order valence-electron chi connectivity index (χ4n) is 0.224. The van der Waals surface area contributed by atoms with Gasteiger partial charge in [-0.1, -0.05) is 6.92 Å². The van der Waals surface area contributed by atoms with Crippen LogP contribution in [-0.2, 0) is 9.74 Å². The molecule has 0 N–H and O–H groups in total. The van der Waals surface area contributed by atoms with Gasteiger partial charge in [0.25, 0.3) is 0 Å². The van der Waals surface area contributed by atoms with Crippen molar-refractivity contribution < 1.29 is 0 Å². The molecule has 1 heterocycles. The minimum absolute atomic E-state index is 0.399. The van der Waals surface area contributed by atoms with Crippen molar-refractivity contribution in [2.45, 2.75) is 6.92 Å². The highest BCUT2D eigenvalue weighted by molar-refractivity contribution is 8.80. The molecule has 0 aromatic rings. The molecule has 0 bridgehead atoms. The summed E-state index contributed by atoms with van der Waals surface area (Å²) in [5, 5.41) is 0. The zero-order valence-corrected chi connectivity index (χ0v) is 5.05. The Balaban J connectivity index is 2.32. The van der Waals surface area contributed by atoms with Gasteiger partial charge in [-0.3, -0.25) is 0 Å². The molecule has 1 unspecified atom stereocenters. The fraction of sp³-hybridized carbons (Fsp3) is 1.00. The highest BCUT2D eigenvalue weighted by atomic mass is 33.2. The van der Waals surface area contributed by atoms with Gasteiger partial charge in [0, 0.05) is 0 Å². The average molecular weight is 121 g/mol. The maximum Gasteiger partial charge on any atom is -0.0139 e. The van der Waals surface area contributed by atoms with Crippen LogP contribution >= 0.6 is 11.0 Å². The van der Waals surface area contributed by atoms with Gasteiger partial charge in [-0.2, -0.15) is 20.7 Å². The summed E-state index contributed by atoms with van der Waals surface area (Å²) in [4.78, 5) is 0. The Morgan fingerprint density at radius 1 is 2.00 bits per heavy atom. The van der Waals surface area contributed by atoms with E-state index >= 15 is 0 Å². The Hall–Kier alpha value is 0.370. The Morgan fingerprint density at radius 2 is 2.50 bits per heavy atom. The summed E-state index contributed by atoms with van der Waals surface area (Å²) in [5.74, 6) is 0. The first-order chi connectivity index (χ1) is 2.84. The molecular formula is C2H5N2S2-. The fourth-order valence-corrected chi connectivity index (χ4v) is 1.91. The largest absolute Gasteiger partial charge is 0.405 e. The van der Waals surface area contributed by atoms with E-state index in [1.807, 2.05) is 10.6 Å². The zero-order valence-electron chi connectivity index (χ0n) is 3.42. The molecule has 2 nitrogen and oxygen atoms in total. The molecule has 6 heavy (non-hydrogen) atoms. The number of rotatable bonds is 1. The third kappa shape index (κ3) is 0.708. The van der Waals surface area contributed by atoms with E-state index in [2.05, 4.69) is 0 Å². The molecule has 0 aliphatic carbocycles. The predicted octanol–water partition coefficient (Wildman–Crippen LogP) is 0.898. The van der Waals surface area contributed by atoms with Gasteiger partial charge in [-0.05, 0) is 6.54 Å².